The second-order valence-electron chi connectivity index (χ2n) is 5.88. The Balaban J connectivity index is 1.69. The van der Waals surface area contributed by atoms with E-state index in [1.807, 2.05) is 0 Å². The fraction of sp³-hybridized carbons (Fsp3) is 0.600. The van der Waals surface area contributed by atoms with Crippen molar-refractivity contribution in [1.82, 2.24) is 5.32 Å². The van der Waals surface area contributed by atoms with Gasteiger partial charge in [0.05, 0.1) is 0 Å². The molecule has 1 aromatic carbocycles. The summed E-state index contributed by atoms with van der Waals surface area (Å²) >= 11 is 0. The normalized spacial score (nSPS) is 25.2. The lowest BCUT2D eigenvalue weighted by Gasteiger charge is -2.47. The third-order valence-corrected chi connectivity index (χ3v) is 4.53. The summed E-state index contributed by atoms with van der Waals surface area (Å²) in [4.78, 5) is 0. The first kappa shape index (κ1) is 11.1. The number of nitrogens with one attached hydrogen (secondary N) is 1. The lowest BCUT2D eigenvalue weighted by molar-refractivity contribution is 0.0404. The van der Waals surface area contributed by atoms with Crippen molar-refractivity contribution >= 4 is 0 Å². The van der Waals surface area contributed by atoms with Gasteiger partial charge in [-0.25, -0.2) is 0 Å². The monoisotopic (exact) mass is 231 g/mol. The molecule has 0 bridgehead atoms. The average Bonchev–Trinajstić information content (AvgIpc) is 2.65. The second-order valence-corrected chi connectivity index (χ2v) is 5.88. The summed E-state index contributed by atoms with van der Waals surface area (Å²) in [6.45, 7) is 6.98. The number of hydrogen-bond donors (Lipinski definition) is 1. The van der Waals surface area contributed by atoms with Crippen molar-refractivity contribution < 1.29 is 4.74 Å². The SMILES string of the molecule is CC(C)C1(CC2Cc3ccccc3O2)CNC1. The minimum Gasteiger partial charge on any atom is -0.490 e. The molecule has 0 aliphatic carbocycles. The van der Waals surface area contributed by atoms with Crippen LogP contribution in [-0.2, 0) is 6.42 Å². The van der Waals surface area contributed by atoms with Gasteiger partial charge in [-0.15, -0.1) is 0 Å². The van der Waals surface area contributed by atoms with Crippen molar-refractivity contribution in [3.63, 3.8) is 0 Å². The third kappa shape index (κ3) is 1.85. The van der Waals surface area contributed by atoms with Crippen LogP contribution in [0.1, 0.15) is 25.8 Å². The number of ether oxygens (including phenoxy) is 1. The quantitative estimate of drug-likeness (QED) is 0.863. The van der Waals surface area contributed by atoms with E-state index >= 15 is 0 Å². The van der Waals surface area contributed by atoms with Crippen LogP contribution in [0.2, 0.25) is 0 Å². The number of para-hydroxylation sites is 1. The highest BCUT2D eigenvalue weighted by molar-refractivity contribution is 5.37. The molecule has 3 rings (SSSR count). The van der Waals surface area contributed by atoms with Crippen molar-refractivity contribution in [3.05, 3.63) is 29.8 Å². The first-order valence-electron chi connectivity index (χ1n) is 6.65. The van der Waals surface area contributed by atoms with Crippen LogP contribution in [0.4, 0.5) is 0 Å². The standard InChI is InChI=1S/C15H21NO/c1-11(2)15(9-16-10-15)8-13-7-12-5-3-4-6-14(12)17-13/h3-6,11,13,16H,7-10H2,1-2H3. The molecular weight excluding hydrogens is 210 g/mol. The average molecular weight is 231 g/mol. The Morgan fingerprint density at radius 1 is 1.35 bits per heavy atom. The Labute approximate surface area is 103 Å². The van der Waals surface area contributed by atoms with Crippen LogP contribution in [0.15, 0.2) is 24.3 Å². The molecule has 92 valence electrons. The van der Waals surface area contributed by atoms with Gasteiger partial charge in [0.2, 0.25) is 0 Å². The molecule has 0 amide bonds. The predicted molar refractivity (Wildman–Crippen MR) is 69.3 cm³/mol. The van der Waals surface area contributed by atoms with Gasteiger partial charge in [-0.3, -0.25) is 0 Å². The van der Waals surface area contributed by atoms with Gasteiger partial charge in [0.1, 0.15) is 11.9 Å². The first-order chi connectivity index (χ1) is 8.20. The molecule has 17 heavy (non-hydrogen) atoms. The summed E-state index contributed by atoms with van der Waals surface area (Å²) in [5.41, 5.74) is 1.84. The summed E-state index contributed by atoms with van der Waals surface area (Å²) in [5.74, 6) is 1.83. The Kier molecular flexibility index (Phi) is 2.62. The Morgan fingerprint density at radius 2 is 2.12 bits per heavy atom. The smallest absolute Gasteiger partial charge is 0.123 e. The highest BCUT2D eigenvalue weighted by atomic mass is 16.5. The van der Waals surface area contributed by atoms with Gasteiger partial charge >= 0.3 is 0 Å². The maximum absolute atomic E-state index is 6.06. The van der Waals surface area contributed by atoms with Crippen LogP contribution in [0.5, 0.6) is 5.75 Å². The first-order valence-corrected chi connectivity index (χ1v) is 6.65. The fourth-order valence-electron chi connectivity index (χ4n) is 3.06. The van der Waals surface area contributed by atoms with E-state index in [4.69, 9.17) is 4.74 Å². The van der Waals surface area contributed by atoms with E-state index in [1.165, 1.54) is 12.0 Å². The Bertz CT molecular complexity index is 384. The van der Waals surface area contributed by atoms with E-state index in [2.05, 4.69) is 43.4 Å². The molecule has 1 aromatic rings. The van der Waals surface area contributed by atoms with Gasteiger partial charge < -0.3 is 10.1 Å². The molecule has 2 heterocycles. The molecule has 1 N–H and O–H groups in total. The van der Waals surface area contributed by atoms with Crippen LogP contribution in [-0.4, -0.2) is 19.2 Å². The van der Waals surface area contributed by atoms with Crippen LogP contribution < -0.4 is 10.1 Å². The Morgan fingerprint density at radius 3 is 2.71 bits per heavy atom. The molecule has 2 nitrogen and oxygen atoms in total. The minimum absolute atomic E-state index is 0.386. The van der Waals surface area contributed by atoms with E-state index < -0.39 is 0 Å². The molecule has 0 radical (unpaired) electrons. The summed E-state index contributed by atoms with van der Waals surface area (Å²) < 4.78 is 6.06. The van der Waals surface area contributed by atoms with Gasteiger partial charge in [0, 0.05) is 24.9 Å². The molecule has 1 atom stereocenters. The molecule has 2 aliphatic heterocycles. The van der Waals surface area contributed by atoms with Crippen molar-refractivity contribution in [2.24, 2.45) is 11.3 Å². The van der Waals surface area contributed by atoms with E-state index in [-0.39, 0.29) is 0 Å². The maximum atomic E-state index is 6.06. The van der Waals surface area contributed by atoms with Gasteiger partial charge in [0.15, 0.2) is 0 Å². The lowest BCUT2D eigenvalue weighted by atomic mass is 9.68. The summed E-state index contributed by atoms with van der Waals surface area (Å²) in [6.07, 6.45) is 2.66. The van der Waals surface area contributed by atoms with Gasteiger partial charge in [0.25, 0.3) is 0 Å². The number of rotatable bonds is 3. The lowest BCUT2D eigenvalue weighted by Crippen LogP contribution is -2.58. The van der Waals surface area contributed by atoms with E-state index in [0.717, 1.165) is 31.2 Å². The highest BCUT2D eigenvalue weighted by Crippen LogP contribution is 2.40. The van der Waals surface area contributed by atoms with Gasteiger partial charge in [-0.2, -0.15) is 0 Å². The van der Waals surface area contributed by atoms with Crippen LogP contribution in [0, 0.1) is 11.3 Å². The van der Waals surface area contributed by atoms with E-state index in [9.17, 15) is 0 Å². The summed E-state index contributed by atoms with van der Waals surface area (Å²) in [6, 6.07) is 8.45. The number of fused-ring (bicyclic) bond motifs is 1. The Hall–Kier alpha value is -1.02. The maximum Gasteiger partial charge on any atom is 0.123 e. The zero-order valence-corrected chi connectivity index (χ0v) is 10.7. The molecule has 1 fully saturated rings. The molecule has 0 spiro atoms. The molecule has 0 saturated carbocycles. The number of benzene rings is 1. The van der Waals surface area contributed by atoms with Crippen molar-refractivity contribution in [1.29, 1.82) is 0 Å². The predicted octanol–water partition coefficient (Wildman–Crippen LogP) is 2.63. The van der Waals surface area contributed by atoms with Gasteiger partial charge in [-0.05, 0) is 24.0 Å². The van der Waals surface area contributed by atoms with E-state index in [1.54, 1.807) is 0 Å². The largest absolute Gasteiger partial charge is 0.490 e. The van der Waals surface area contributed by atoms with Crippen LogP contribution in [0.25, 0.3) is 0 Å². The van der Waals surface area contributed by atoms with Gasteiger partial charge in [-0.1, -0.05) is 32.0 Å². The van der Waals surface area contributed by atoms with E-state index in [0.29, 0.717) is 11.5 Å². The minimum atomic E-state index is 0.386. The molecule has 1 saturated heterocycles. The fourth-order valence-corrected chi connectivity index (χ4v) is 3.06. The van der Waals surface area contributed by atoms with Crippen LogP contribution >= 0.6 is 0 Å². The van der Waals surface area contributed by atoms with Crippen LogP contribution in [0.3, 0.4) is 0 Å². The third-order valence-electron chi connectivity index (χ3n) is 4.53. The topological polar surface area (TPSA) is 21.3 Å². The highest BCUT2D eigenvalue weighted by Gasteiger charge is 2.43. The van der Waals surface area contributed by atoms with Crippen molar-refractivity contribution in [2.75, 3.05) is 13.1 Å². The zero-order chi connectivity index (χ0) is 11.9. The molecule has 2 aliphatic rings. The summed E-state index contributed by atoms with van der Waals surface area (Å²) in [5, 5.41) is 3.42. The van der Waals surface area contributed by atoms with Crippen molar-refractivity contribution in [3.8, 4) is 5.75 Å². The zero-order valence-electron chi connectivity index (χ0n) is 10.7. The molecule has 2 heteroatoms. The summed E-state index contributed by atoms with van der Waals surface area (Å²) in [7, 11) is 0. The molecule has 0 aromatic heterocycles. The second kappa shape index (κ2) is 4.02. The van der Waals surface area contributed by atoms with Crippen molar-refractivity contribution in [2.45, 2.75) is 32.8 Å². The number of hydrogen-bond acceptors (Lipinski definition) is 2. The molecular formula is C15H21NO. The molecule has 1 unspecified atom stereocenters.